The Morgan fingerprint density at radius 3 is 2.53 bits per heavy atom. The van der Waals surface area contributed by atoms with E-state index in [2.05, 4.69) is 38.0 Å². The third-order valence-electron chi connectivity index (χ3n) is 3.12. The second kappa shape index (κ2) is 6.61. The molecule has 1 aromatic heterocycles. The third-order valence-corrected chi connectivity index (χ3v) is 3.12. The molecule has 0 fully saturated rings. The van der Waals surface area contributed by atoms with Crippen molar-refractivity contribution in [2.75, 3.05) is 6.54 Å². The molecule has 19 heavy (non-hydrogen) atoms. The molecular weight excluding hydrogens is 242 g/mol. The SMILES string of the molecule is CCCNC(Cc1ccc([N+](=O)[O-])cn1)C(C)(C)C. The molecule has 0 aromatic carbocycles. The van der Waals surface area contributed by atoms with Crippen molar-refractivity contribution < 1.29 is 4.92 Å². The summed E-state index contributed by atoms with van der Waals surface area (Å²) in [7, 11) is 0. The predicted octanol–water partition coefficient (Wildman–Crippen LogP) is 2.95. The van der Waals surface area contributed by atoms with Crippen LogP contribution in [0, 0.1) is 15.5 Å². The van der Waals surface area contributed by atoms with Crippen molar-refractivity contribution in [3.63, 3.8) is 0 Å². The van der Waals surface area contributed by atoms with Gasteiger partial charge in [-0.1, -0.05) is 27.7 Å². The lowest BCUT2D eigenvalue weighted by atomic mass is 9.84. The number of hydrogen-bond acceptors (Lipinski definition) is 4. The van der Waals surface area contributed by atoms with Gasteiger partial charge in [-0.15, -0.1) is 0 Å². The molecule has 1 rings (SSSR count). The van der Waals surface area contributed by atoms with Crippen LogP contribution in [0.4, 0.5) is 5.69 Å². The Morgan fingerprint density at radius 2 is 2.11 bits per heavy atom. The molecule has 0 aliphatic heterocycles. The van der Waals surface area contributed by atoms with Crippen LogP contribution in [0.15, 0.2) is 18.3 Å². The molecule has 0 radical (unpaired) electrons. The van der Waals surface area contributed by atoms with Crippen molar-refractivity contribution in [2.24, 2.45) is 5.41 Å². The zero-order valence-electron chi connectivity index (χ0n) is 12.1. The summed E-state index contributed by atoms with van der Waals surface area (Å²) in [4.78, 5) is 14.3. The quantitative estimate of drug-likeness (QED) is 0.634. The van der Waals surface area contributed by atoms with E-state index in [4.69, 9.17) is 0 Å². The summed E-state index contributed by atoms with van der Waals surface area (Å²) >= 11 is 0. The normalized spacial score (nSPS) is 13.3. The molecule has 0 aliphatic rings. The van der Waals surface area contributed by atoms with Gasteiger partial charge >= 0.3 is 0 Å². The van der Waals surface area contributed by atoms with Gasteiger partial charge in [-0.25, -0.2) is 0 Å². The van der Waals surface area contributed by atoms with Crippen molar-refractivity contribution in [2.45, 2.75) is 46.6 Å². The number of nitro groups is 1. The van der Waals surface area contributed by atoms with E-state index in [-0.39, 0.29) is 11.1 Å². The van der Waals surface area contributed by atoms with Gasteiger partial charge in [0.1, 0.15) is 6.20 Å². The molecule has 0 bridgehead atoms. The molecule has 0 saturated carbocycles. The summed E-state index contributed by atoms with van der Waals surface area (Å²) in [5, 5.41) is 14.1. The van der Waals surface area contributed by atoms with Crippen LogP contribution in [0.25, 0.3) is 0 Å². The highest BCUT2D eigenvalue weighted by Crippen LogP contribution is 2.22. The van der Waals surface area contributed by atoms with Gasteiger partial charge in [0, 0.05) is 24.2 Å². The molecule has 1 heterocycles. The van der Waals surface area contributed by atoms with Gasteiger partial charge < -0.3 is 5.32 Å². The lowest BCUT2D eigenvalue weighted by Gasteiger charge is -2.31. The largest absolute Gasteiger partial charge is 0.313 e. The number of hydrogen-bond donors (Lipinski definition) is 1. The molecular formula is C14H23N3O2. The van der Waals surface area contributed by atoms with Crippen molar-refractivity contribution in [3.8, 4) is 0 Å². The number of nitrogens with zero attached hydrogens (tertiary/aromatic N) is 2. The van der Waals surface area contributed by atoms with E-state index < -0.39 is 4.92 Å². The number of nitrogens with one attached hydrogen (secondary N) is 1. The Labute approximate surface area is 114 Å². The molecule has 1 unspecified atom stereocenters. The van der Waals surface area contributed by atoms with Crippen LogP contribution >= 0.6 is 0 Å². The van der Waals surface area contributed by atoms with Crippen molar-refractivity contribution in [1.82, 2.24) is 10.3 Å². The van der Waals surface area contributed by atoms with Gasteiger partial charge in [0.05, 0.1) is 4.92 Å². The molecule has 106 valence electrons. The fourth-order valence-corrected chi connectivity index (χ4v) is 1.86. The molecule has 1 N–H and O–H groups in total. The van der Waals surface area contributed by atoms with E-state index in [0.717, 1.165) is 25.1 Å². The van der Waals surface area contributed by atoms with Crippen LogP contribution in [-0.4, -0.2) is 22.5 Å². The molecule has 5 heteroatoms. The van der Waals surface area contributed by atoms with Crippen molar-refractivity contribution in [1.29, 1.82) is 0 Å². The zero-order valence-corrected chi connectivity index (χ0v) is 12.1. The summed E-state index contributed by atoms with van der Waals surface area (Å²) in [6.07, 6.45) is 3.19. The smallest absolute Gasteiger partial charge is 0.287 e. The number of pyridine rings is 1. The first-order valence-electron chi connectivity index (χ1n) is 6.67. The Kier molecular flexibility index (Phi) is 5.42. The fourth-order valence-electron chi connectivity index (χ4n) is 1.86. The molecule has 5 nitrogen and oxygen atoms in total. The first kappa shape index (κ1) is 15.6. The Balaban J connectivity index is 2.75. The van der Waals surface area contributed by atoms with E-state index in [0.29, 0.717) is 6.04 Å². The van der Waals surface area contributed by atoms with Crippen LogP contribution in [0.1, 0.15) is 39.8 Å². The minimum absolute atomic E-state index is 0.0394. The average Bonchev–Trinajstić information content (AvgIpc) is 2.33. The second-order valence-electron chi connectivity index (χ2n) is 5.84. The Hall–Kier alpha value is -1.49. The molecule has 0 aliphatic carbocycles. The van der Waals surface area contributed by atoms with E-state index in [1.165, 1.54) is 12.3 Å². The first-order valence-corrected chi connectivity index (χ1v) is 6.67. The highest BCUT2D eigenvalue weighted by Gasteiger charge is 2.24. The summed E-state index contributed by atoms with van der Waals surface area (Å²) in [6.45, 7) is 9.66. The minimum Gasteiger partial charge on any atom is -0.313 e. The van der Waals surface area contributed by atoms with Crippen LogP contribution in [0.2, 0.25) is 0 Å². The van der Waals surface area contributed by atoms with Gasteiger partial charge in [0.15, 0.2) is 0 Å². The lowest BCUT2D eigenvalue weighted by Crippen LogP contribution is -2.42. The maximum Gasteiger partial charge on any atom is 0.287 e. The van der Waals surface area contributed by atoms with E-state index >= 15 is 0 Å². The molecule has 0 spiro atoms. The number of rotatable bonds is 6. The highest BCUT2D eigenvalue weighted by molar-refractivity contribution is 5.27. The van der Waals surface area contributed by atoms with Gasteiger partial charge in [0.2, 0.25) is 0 Å². The summed E-state index contributed by atoms with van der Waals surface area (Å²) in [6, 6.07) is 3.56. The van der Waals surface area contributed by atoms with Crippen LogP contribution < -0.4 is 5.32 Å². The Bertz CT molecular complexity index is 410. The maximum atomic E-state index is 10.6. The number of aromatic nitrogens is 1. The highest BCUT2D eigenvalue weighted by atomic mass is 16.6. The van der Waals surface area contributed by atoms with Crippen LogP contribution in [-0.2, 0) is 6.42 Å². The fraction of sp³-hybridized carbons (Fsp3) is 0.643. The van der Waals surface area contributed by atoms with E-state index in [9.17, 15) is 10.1 Å². The molecule has 0 amide bonds. The summed E-state index contributed by atoms with van der Waals surface area (Å²) in [5.41, 5.74) is 1.05. The predicted molar refractivity (Wildman–Crippen MR) is 76.1 cm³/mol. The summed E-state index contributed by atoms with van der Waals surface area (Å²) in [5.74, 6) is 0. The van der Waals surface area contributed by atoms with Crippen molar-refractivity contribution in [3.05, 3.63) is 34.1 Å². The molecule has 1 atom stereocenters. The van der Waals surface area contributed by atoms with Crippen LogP contribution in [0.3, 0.4) is 0 Å². The monoisotopic (exact) mass is 265 g/mol. The molecule has 0 saturated heterocycles. The first-order chi connectivity index (χ1) is 8.84. The summed E-state index contributed by atoms with van der Waals surface area (Å²) < 4.78 is 0. The topological polar surface area (TPSA) is 68.1 Å². The standard InChI is InChI=1S/C14H23N3O2/c1-5-8-15-13(14(2,3)4)9-11-6-7-12(10-16-11)17(18)19/h6-7,10,13,15H,5,8-9H2,1-4H3. The van der Waals surface area contributed by atoms with Crippen molar-refractivity contribution >= 4 is 5.69 Å². The average molecular weight is 265 g/mol. The van der Waals surface area contributed by atoms with Gasteiger partial charge in [-0.2, -0.15) is 0 Å². The van der Waals surface area contributed by atoms with Gasteiger partial charge in [-0.05, 0) is 24.4 Å². The lowest BCUT2D eigenvalue weighted by molar-refractivity contribution is -0.385. The third kappa shape index (κ3) is 4.95. The zero-order chi connectivity index (χ0) is 14.5. The Morgan fingerprint density at radius 1 is 1.42 bits per heavy atom. The minimum atomic E-state index is -0.423. The second-order valence-corrected chi connectivity index (χ2v) is 5.84. The molecule has 1 aromatic rings. The van der Waals surface area contributed by atoms with Gasteiger partial charge in [0.25, 0.3) is 5.69 Å². The van der Waals surface area contributed by atoms with Crippen LogP contribution in [0.5, 0.6) is 0 Å². The maximum absolute atomic E-state index is 10.6. The van der Waals surface area contributed by atoms with E-state index in [1.54, 1.807) is 6.07 Å². The van der Waals surface area contributed by atoms with E-state index in [1.807, 2.05) is 0 Å². The van der Waals surface area contributed by atoms with Gasteiger partial charge in [-0.3, -0.25) is 15.1 Å².